The quantitative estimate of drug-likeness (QED) is 0.525. The molecule has 33 heavy (non-hydrogen) atoms. The van der Waals surface area contributed by atoms with E-state index in [4.69, 9.17) is 26.8 Å². The Morgan fingerprint density at radius 2 is 1.85 bits per heavy atom. The molecule has 0 saturated heterocycles. The van der Waals surface area contributed by atoms with Gasteiger partial charge in [0.15, 0.2) is 0 Å². The molecule has 170 valence electrons. The van der Waals surface area contributed by atoms with E-state index in [2.05, 4.69) is 11.1 Å². The average molecular weight is 467 g/mol. The first kappa shape index (κ1) is 22.9. The number of aryl methyl sites for hydroxylation is 1. The van der Waals surface area contributed by atoms with Crippen LogP contribution in [-0.2, 0) is 19.4 Å². The highest BCUT2D eigenvalue weighted by Gasteiger charge is 2.24. The van der Waals surface area contributed by atoms with Crippen molar-refractivity contribution in [1.82, 2.24) is 0 Å². The third kappa shape index (κ3) is 4.89. The lowest BCUT2D eigenvalue weighted by molar-refractivity contribution is -0.374. The van der Waals surface area contributed by atoms with Crippen molar-refractivity contribution < 1.29 is 18.8 Å². The first-order valence-corrected chi connectivity index (χ1v) is 11.4. The summed E-state index contributed by atoms with van der Waals surface area (Å²) in [6, 6.07) is 12.1. The number of halogens is 2. The minimum Gasteiger partial charge on any atom is -0.496 e. The van der Waals surface area contributed by atoms with Crippen LogP contribution in [0.25, 0.3) is 11.1 Å². The summed E-state index contributed by atoms with van der Waals surface area (Å²) in [4.78, 5) is 3.28. The summed E-state index contributed by atoms with van der Waals surface area (Å²) < 4.78 is 24.8. The Kier molecular flexibility index (Phi) is 7.00. The van der Waals surface area contributed by atoms with Gasteiger partial charge in [-0.25, -0.2) is 9.37 Å². The van der Waals surface area contributed by atoms with Gasteiger partial charge >= 0.3 is 0 Å². The van der Waals surface area contributed by atoms with Crippen LogP contribution in [-0.4, -0.2) is 7.11 Å². The zero-order valence-corrected chi connectivity index (χ0v) is 19.3. The standard InChI is InChI=1S/C26H25ClFN3O2/c1-32-23-10-8-16(12-17(23)15-33-24-11-9-18(28)13-21(24)27)25-19-6-4-2-3-5-7-22(19)31-26(30)20(25)14-29/h8-13H,2-7,15H2,1H3,(H2,30,31)/p+1. The van der Waals surface area contributed by atoms with E-state index in [-0.39, 0.29) is 11.6 Å². The molecule has 0 saturated carbocycles. The molecule has 3 N–H and O–H groups in total. The number of anilines is 1. The van der Waals surface area contributed by atoms with E-state index in [0.717, 1.165) is 53.6 Å². The molecule has 0 amide bonds. The molecular formula is C26H26ClFN3O2+. The fourth-order valence-corrected chi connectivity index (χ4v) is 4.63. The number of H-pyrrole nitrogens is 1. The molecule has 1 aromatic heterocycles. The minimum atomic E-state index is -0.425. The van der Waals surface area contributed by atoms with Gasteiger partial charge < -0.3 is 9.47 Å². The van der Waals surface area contributed by atoms with Crippen LogP contribution in [0, 0.1) is 17.1 Å². The van der Waals surface area contributed by atoms with Crippen LogP contribution in [0.2, 0.25) is 5.02 Å². The maximum Gasteiger partial charge on any atom is 0.289 e. The van der Waals surface area contributed by atoms with Crippen LogP contribution in [0.15, 0.2) is 36.4 Å². The summed E-state index contributed by atoms with van der Waals surface area (Å²) in [6.45, 7) is 0.168. The van der Waals surface area contributed by atoms with Gasteiger partial charge in [-0.1, -0.05) is 30.5 Å². The summed E-state index contributed by atoms with van der Waals surface area (Å²) >= 11 is 6.11. The number of aromatic amines is 1. The minimum absolute atomic E-state index is 0.168. The number of rotatable bonds is 5. The SMILES string of the molecule is COc1ccc(-c2c(C#N)c(N)[nH+]c3c2CCCCCC3)cc1COc1ccc(F)cc1Cl. The van der Waals surface area contributed by atoms with Gasteiger partial charge in [-0.2, -0.15) is 5.26 Å². The van der Waals surface area contributed by atoms with Gasteiger partial charge in [0.1, 0.15) is 41.2 Å². The molecule has 1 aliphatic rings. The average Bonchev–Trinajstić information content (AvgIpc) is 2.79. The number of methoxy groups -OCH3 is 1. The topological polar surface area (TPSA) is 82.4 Å². The normalized spacial score (nSPS) is 13.4. The van der Waals surface area contributed by atoms with Gasteiger partial charge in [0.2, 0.25) is 0 Å². The predicted molar refractivity (Wildman–Crippen MR) is 126 cm³/mol. The predicted octanol–water partition coefficient (Wildman–Crippen LogP) is 5.66. The Bertz CT molecular complexity index is 1220. The molecule has 4 rings (SSSR count). The van der Waals surface area contributed by atoms with Gasteiger partial charge in [-0.3, -0.25) is 5.73 Å². The largest absolute Gasteiger partial charge is 0.496 e. The van der Waals surface area contributed by atoms with E-state index in [1.165, 1.54) is 31.0 Å². The van der Waals surface area contributed by atoms with Crippen LogP contribution in [0.4, 0.5) is 10.2 Å². The van der Waals surface area contributed by atoms with Crippen LogP contribution < -0.4 is 20.2 Å². The Hall–Kier alpha value is -3.30. The molecule has 1 aliphatic carbocycles. The highest BCUT2D eigenvalue weighted by molar-refractivity contribution is 6.32. The number of nitrogens with zero attached hydrogens (tertiary/aromatic N) is 1. The zero-order chi connectivity index (χ0) is 23.4. The third-order valence-electron chi connectivity index (χ3n) is 6.03. The number of nitrogens with one attached hydrogen (secondary N) is 1. The number of nitrogens with two attached hydrogens (primary N) is 1. The monoisotopic (exact) mass is 466 g/mol. The van der Waals surface area contributed by atoms with E-state index >= 15 is 0 Å². The molecule has 0 spiro atoms. The van der Waals surface area contributed by atoms with Crippen molar-refractivity contribution in [2.75, 3.05) is 12.8 Å². The van der Waals surface area contributed by atoms with E-state index in [1.54, 1.807) is 7.11 Å². The van der Waals surface area contributed by atoms with Crippen molar-refractivity contribution in [3.63, 3.8) is 0 Å². The molecule has 2 aromatic carbocycles. The molecule has 0 aliphatic heterocycles. The highest BCUT2D eigenvalue weighted by Crippen LogP contribution is 2.36. The summed E-state index contributed by atoms with van der Waals surface area (Å²) in [7, 11) is 1.59. The molecule has 0 bridgehead atoms. The Morgan fingerprint density at radius 3 is 2.58 bits per heavy atom. The number of nitrogen functional groups attached to an aromatic ring is 1. The number of hydrogen-bond acceptors (Lipinski definition) is 4. The molecule has 0 radical (unpaired) electrons. The lowest BCUT2D eigenvalue weighted by atomic mass is 9.87. The number of hydrogen-bond donors (Lipinski definition) is 1. The number of fused-ring (bicyclic) bond motifs is 1. The Morgan fingerprint density at radius 1 is 1.09 bits per heavy atom. The lowest BCUT2D eigenvalue weighted by Gasteiger charge is -2.19. The maximum atomic E-state index is 13.4. The second-order valence-corrected chi connectivity index (χ2v) is 8.57. The van der Waals surface area contributed by atoms with Crippen LogP contribution in [0.3, 0.4) is 0 Å². The molecule has 1 heterocycles. The van der Waals surface area contributed by atoms with Crippen LogP contribution in [0.1, 0.15) is 48.1 Å². The second-order valence-electron chi connectivity index (χ2n) is 8.16. The Labute approximate surface area is 197 Å². The number of pyridine rings is 1. The first-order chi connectivity index (χ1) is 16.0. The third-order valence-corrected chi connectivity index (χ3v) is 6.33. The number of aromatic nitrogens is 1. The van der Waals surface area contributed by atoms with E-state index in [0.29, 0.717) is 22.9 Å². The van der Waals surface area contributed by atoms with E-state index in [1.807, 2.05) is 18.2 Å². The number of benzene rings is 2. The van der Waals surface area contributed by atoms with E-state index < -0.39 is 5.82 Å². The van der Waals surface area contributed by atoms with Gasteiger partial charge in [0.25, 0.3) is 5.82 Å². The molecule has 3 aromatic rings. The van der Waals surface area contributed by atoms with Crippen molar-refractivity contribution in [2.45, 2.75) is 45.1 Å². The molecule has 7 heteroatoms. The Balaban J connectivity index is 1.77. The lowest BCUT2D eigenvalue weighted by Crippen LogP contribution is -2.23. The summed E-state index contributed by atoms with van der Waals surface area (Å²) in [6.07, 6.45) is 6.32. The van der Waals surface area contributed by atoms with Gasteiger partial charge in [-0.05, 0) is 55.2 Å². The van der Waals surface area contributed by atoms with Crippen molar-refractivity contribution in [3.8, 4) is 28.7 Å². The van der Waals surface area contributed by atoms with Crippen molar-refractivity contribution in [3.05, 3.63) is 69.6 Å². The summed E-state index contributed by atoms with van der Waals surface area (Å²) in [5, 5.41) is 10.1. The van der Waals surface area contributed by atoms with Gasteiger partial charge in [0.05, 0.1) is 12.1 Å². The van der Waals surface area contributed by atoms with E-state index in [9.17, 15) is 9.65 Å². The smallest absolute Gasteiger partial charge is 0.289 e. The molecule has 5 nitrogen and oxygen atoms in total. The summed E-state index contributed by atoms with van der Waals surface area (Å²) in [5.74, 6) is 0.991. The molecule has 0 unspecified atom stereocenters. The fraction of sp³-hybridized carbons (Fsp3) is 0.308. The van der Waals surface area contributed by atoms with Gasteiger partial charge in [0, 0.05) is 23.1 Å². The van der Waals surface area contributed by atoms with Gasteiger partial charge in [-0.15, -0.1) is 0 Å². The number of nitriles is 1. The molecule has 0 atom stereocenters. The highest BCUT2D eigenvalue weighted by atomic mass is 35.5. The summed E-state index contributed by atoms with van der Waals surface area (Å²) in [5.41, 5.74) is 11.5. The number of ether oxygens (including phenoxy) is 2. The molecular weight excluding hydrogens is 441 g/mol. The van der Waals surface area contributed by atoms with Crippen molar-refractivity contribution in [1.29, 1.82) is 5.26 Å². The fourth-order valence-electron chi connectivity index (χ4n) is 4.41. The maximum absolute atomic E-state index is 13.4. The van der Waals surface area contributed by atoms with Crippen molar-refractivity contribution >= 4 is 17.4 Å². The van der Waals surface area contributed by atoms with Crippen LogP contribution in [0.5, 0.6) is 11.5 Å². The second kappa shape index (κ2) is 10.1. The van der Waals surface area contributed by atoms with Crippen molar-refractivity contribution in [2.24, 2.45) is 0 Å². The molecule has 0 fully saturated rings. The van der Waals surface area contributed by atoms with Crippen LogP contribution >= 0.6 is 11.6 Å². The first-order valence-electron chi connectivity index (χ1n) is 11.0. The zero-order valence-electron chi connectivity index (χ0n) is 18.5.